The van der Waals surface area contributed by atoms with Crippen molar-refractivity contribution >= 4 is 0 Å². The van der Waals surface area contributed by atoms with E-state index in [1.54, 1.807) is 6.07 Å². The van der Waals surface area contributed by atoms with Crippen molar-refractivity contribution in [2.24, 2.45) is 0 Å². The van der Waals surface area contributed by atoms with E-state index < -0.39 is 17.6 Å². The lowest BCUT2D eigenvalue weighted by molar-refractivity contribution is -0.137. The average molecular weight is 336 g/mol. The summed E-state index contributed by atoms with van der Waals surface area (Å²) in [6, 6.07) is 10.3. The zero-order chi connectivity index (χ0) is 17.3. The second-order valence-corrected chi connectivity index (χ2v) is 5.11. The van der Waals surface area contributed by atoms with Crippen LogP contribution in [0.3, 0.4) is 0 Å². The van der Waals surface area contributed by atoms with Crippen LogP contribution in [-0.2, 0) is 12.8 Å². The molecule has 7 heteroatoms. The largest absolute Gasteiger partial charge is 0.416 e. The van der Waals surface area contributed by atoms with E-state index in [1.807, 2.05) is 0 Å². The Kier molecular flexibility index (Phi) is 4.11. The summed E-state index contributed by atoms with van der Waals surface area (Å²) in [5.74, 6) is -0.513. The van der Waals surface area contributed by atoms with Crippen molar-refractivity contribution in [1.82, 2.24) is 9.78 Å². The van der Waals surface area contributed by atoms with Gasteiger partial charge in [-0.15, -0.1) is 0 Å². The van der Waals surface area contributed by atoms with Crippen LogP contribution in [0.2, 0.25) is 0 Å². The Balaban J connectivity index is 2.13. The Morgan fingerprint density at radius 1 is 1.00 bits per heavy atom. The normalized spacial score (nSPS) is 11.7. The first-order valence-corrected chi connectivity index (χ1v) is 7.02. The molecule has 3 rings (SSSR count). The van der Waals surface area contributed by atoms with Crippen LogP contribution in [0.25, 0.3) is 16.9 Å². The van der Waals surface area contributed by atoms with Crippen LogP contribution in [0, 0.1) is 5.82 Å². The minimum absolute atomic E-state index is 0.207. The number of nitrogens with zero attached hydrogens (tertiary/aromatic N) is 2. The maximum Gasteiger partial charge on any atom is 0.416 e. The van der Waals surface area contributed by atoms with E-state index in [4.69, 9.17) is 0 Å². The number of aromatic nitrogens is 2. The third kappa shape index (κ3) is 2.90. The highest BCUT2D eigenvalue weighted by Gasteiger charge is 2.30. The summed E-state index contributed by atoms with van der Waals surface area (Å²) in [6.07, 6.45) is -3.08. The molecule has 0 aliphatic heterocycles. The second-order valence-electron chi connectivity index (χ2n) is 5.11. The van der Waals surface area contributed by atoms with E-state index in [1.165, 1.54) is 41.2 Å². The Hall–Kier alpha value is -2.67. The van der Waals surface area contributed by atoms with Gasteiger partial charge < -0.3 is 5.11 Å². The number of hydrogen-bond donors (Lipinski definition) is 1. The molecular weight excluding hydrogens is 324 g/mol. The quantitative estimate of drug-likeness (QED) is 0.728. The zero-order valence-corrected chi connectivity index (χ0v) is 12.3. The van der Waals surface area contributed by atoms with Crippen molar-refractivity contribution in [3.05, 3.63) is 71.7 Å². The fraction of sp³-hybridized carbons (Fsp3) is 0.118. The average Bonchev–Trinajstić information content (AvgIpc) is 2.98. The number of halogens is 4. The van der Waals surface area contributed by atoms with Gasteiger partial charge in [0, 0.05) is 11.1 Å². The van der Waals surface area contributed by atoms with E-state index in [-0.39, 0.29) is 12.2 Å². The number of rotatable bonds is 3. The van der Waals surface area contributed by atoms with Crippen LogP contribution in [0.1, 0.15) is 11.1 Å². The van der Waals surface area contributed by atoms with Gasteiger partial charge in [0.15, 0.2) is 0 Å². The molecule has 124 valence electrons. The Morgan fingerprint density at radius 2 is 1.67 bits per heavy atom. The molecule has 0 radical (unpaired) electrons. The first-order valence-electron chi connectivity index (χ1n) is 7.02. The number of alkyl halides is 3. The van der Waals surface area contributed by atoms with Crippen LogP contribution < -0.4 is 0 Å². The van der Waals surface area contributed by atoms with Crippen molar-refractivity contribution in [2.45, 2.75) is 12.8 Å². The van der Waals surface area contributed by atoms with Crippen LogP contribution in [0.5, 0.6) is 0 Å². The molecule has 1 aromatic heterocycles. The highest BCUT2D eigenvalue weighted by atomic mass is 19.4. The van der Waals surface area contributed by atoms with E-state index >= 15 is 0 Å². The molecule has 0 saturated heterocycles. The van der Waals surface area contributed by atoms with Crippen LogP contribution in [0.4, 0.5) is 17.6 Å². The lowest BCUT2D eigenvalue weighted by Gasteiger charge is -2.12. The second kappa shape index (κ2) is 6.09. The highest BCUT2D eigenvalue weighted by molar-refractivity contribution is 5.66. The predicted octanol–water partition coefficient (Wildman–Crippen LogP) is 4.19. The smallest absolute Gasteiger partial charge is 0.392 e. The van der Waals surface area contributed by atoms with Crippen LogP contribution in [0.15, 0.2) is 54.7 Å². The zero-order valence-electron chi connectivity index (χ0n) is 12.3. The van der Waals surface area contributed by atoms with Gasteiger partial charge in [-0.05, 0) is 36.4 Å². The van der Waals surface area contributed by atoms with E-state index in [9.17, 15) is 22.7 Å². The van der Waals surface area contributed by atoms with Crippen molar-refractivity contribution < 1.29 is 22.7 Å². The predicted molar refractivity (Wildman–Crippen MR) is 79.9 cm³/mol. The maximum absolute atomic E-state index is 14.1. The Labute approximate surface area is 134 Å². The van der Waals surface area contributed by atoms with Gasteiger partial charge in [-0.3, -0.25) is 0 Å². The number of aliphatic hydroxyl groups excluding tert-OH is 1. The Morgan fingerprint density at radius 3 is 2.25 bits per heavy atom. The molecule has 0 unspecified atom stereocenters. The standard InChI is InChI=1S/C17H12F4N2O/c18-15-4-2-1-3-14(15)16-11(10-24)9-22-23(16)13-7-5-12(6-8-13)17(19,20)21/h1-9,24H,10H2. The van der Waals surface area contributed by atoms with Gasteiger partial charge >= 0.3 is 6.18 Å². The molecule has 0 spiro atoms. The summed E-state index contributed by atoms with van der Waals surface area (Å²) in [5, 5.41) is 13.5. The van der Waals surface area contributed by atoms with Gasteiger partial charge in [0.25, 0.3) is 0 Å². The SMILES string of the molecule is OCc1cnn(-c2ccc(C(F)(F)F)cc2)c1-c1ccccc1F. The third-order valence-electron chi connectivity index (χ3n) is 3.58. The van der Waals surface area contributed by atoms with Gasteiger partial charge in [0.05, 0.1) is 29.7 Å². The molecule has 0 aliphatic carbocycles. The monoisotopic (exact) mass is 336 g/mol. The summed E-state index contributed by atoms with van der Waals surface area (Å²) in [6.45, 7) is -0.371. The van der Waals surface area contributed by atoms with Crippen molar-refractivity contribution in [3.63, 3.8) is 0 Å². The lowest BCUT2D eigenvalue weighted by Crippen LogP contribution is -2.06. The van der Waals surface area contributed by atoms with Gasteiger partial charge in [-0.25, -0.2) is 9.07 Å². The molecule has 0 fully saturated rings. The number of aliphatic hydroxyl groups is 1. The van der Waals surface area contributed by atoms with Crippen molar-refractivity contribution in [2.75, 3.05) is 0 Å². The molecule has 1 N–H and O–H groups in total. The summed E-state index contributed by atoms with van der Waals surface area (Å²) in [4.78, 5) is 0. The molecule has 3 nitrogen and oxygen atoms in total. The molecular formula is C17H12F4N2O. The summed E-state index contributed by atoms with van der Waals surface area (Å²) < 4.78 is 53.4. The van der Waals surface area contributed by atoms with Gasteiger partial charge in [-0.1, -0.05) is 12.1 Å². The van der Waals surface area contributed by atoms with E-state index in [2.05, 4.69) is 5.10 Å². The summed E-state index contributed by atoms with van der Waals surface area (Å²) in [7, 11) is 0. The van der Waals surface area contributed by atoms with Crippen molar-refractivity contribution in [1.29, 1.82) is 0 Å². The molecule has 0 atom stereocenters. The minimum atomic E-state index is -4.44. The molecule has 3 aromatic rings. The molecule has 0 saturated carbocycles. The fourth-order valence-corrected chi connectivity index (χ4v) is 2.43. The molecule has 0 aliphatic rings. The van der Waals surface area contributed by atoms with Gasteiger partial charge in [0.2, 0.25) is 0 Å². The molecule has 2 aromatic carbocycles. The summed E-state index contributed by atoms with van der Waals surface area (Å²) in [5.41, 5.74) is 0.434. The first kappa shape index (κ1) is 16.2. The Bertz CT molecular complexity index is 854. The summed E-state index contributed by atoms with van der Waals surface area (Å²) >= 11 is 0. The maximum atomic E-state index is 14.1. The van der Waals surface area contributed by atoms with Crippen molar-refractivity contribution in [3.8, 4) is 16.9 Å². The van der Waals surface area contributed by atoms with Crippen LogP contribution >= 0.6 is 0 Å². The molecule has 0 bridgehead atoms. The molecule has 1 heterocycles. The van der Waals surface area contributed by atoms with E-state index in [0.29, 0.717) is 16.9 Å². The lowest BCUT2D eigenvalue weighted by atomic mass is 10.1. The van der Waals surface area contributed by atoms with E-state index in [0.717, 1.165) is 12.1 Å². The number of benzene rings is 2. The number of hydrogen-bond acceptors (Lipinski definition) is 2. The van der Waals surface area contributed by atoms with Crippen LogP contribution in [-0.4, -0.2) is 14.9 Å². The highest BCUT2D eigenvalue weighted by Crippen LogP contribution is 2.32. The third-order valence-corrected chi connectivity index (χ3v) is 3.58. The van der Waals surface area contributed by atoms with Gasteiger partial charge in [0.1, 0.15) is 5.82 Å². The molecule has 0 amide bonds. The molecule has 24 heavy (non-hydrogen) atoms. The fourth-order valence-electron chi connectivity index (χ4n) is 2.43. The first-order chi connectivity index (χ1) is 11.4. The topological polar surface area (TPSA) is 38.1 Å². The minimum Gasteiger partial charge on any atom is -0.392 e. The van der Waals surface area contributed by atoms with Gasteiger partial charge in [-0.2, -0.15) is 18.3 Å².